The van der Waals surface area contributed by atoms with Gasteiger partial charge in [-0.1, -0.05) is 0 Å². The maximum Gasteiger partial charge on any atom is 0.243 e. The molecule has 11 nitrogen and oxygen atoms in total. The van der Waals surface area contributed by atoms with Crippen LogP contribution in [0.4, 0.5) is 0 Å². The monoisotopic (exact) mass is 374 g/mol. The Hall–Kier alpha value is -0.0900. The molecule has 2 rings (SSSR count). The SMILES string of the molecule is OC[C@H]1O[C@@H](O[C@H]2[C@H](O)[C@@H](O)C(O)(S)O[C@@H]2CO)[C@H](O)[C@@H](O)[C@H]1O. The standard InChI is InChI=1S/C12H22O11S/c13-1-3-5(15)6(16)7(17)11(21-3)22-9-4(2-14)23-12(20,24)10(19)8(9)18/h3-11,13-20,24H,1-2H2/t3-,4-,5+,6+,7-,8+,9-,10-,11+,12?/m1/s1. The molecule has 0 aromatic carbocycles. The van der Waals surface area contributed by atoms with Gasteiger partial charge in [-0.3, -0.25) is 0 Å². The van der Waals surface area contributed by atoms with E-state index >= 15 is 0 Å². The second-order valence-corrected chi connectivity index (χ2v) is 6.37. The first-order valence-electron chi connectivity index (χ1n) is 7.19. The lowest BCUT2D eigenvalue weighted by molar-refractivity contribution is -0.361. The summed E-state index contributed by atoms with van der Waals surface area (Å²) in [6.45, 7) is -1.42. The van der Waals surface area contributed by atoms with Gasteiger partial charge in [0.1, 0.15) is 48.8 Å². The van der Waals surface area contributed by atoms with Gasteiger partial charge in [-0.05, 0) is 0 Å². The normalized spacial score (nSPS) is 53.1. The molecular formula is C12H22O11S. The molecule has 2 aliphatic heterocycles. The third-order valence-electron chi connectivity index (χ3n) is 4.06. The van der Waals surface area contributed by atoms with Crippen LogP contribution in [0.2, 0.25) is 0 Å². The van der Waals surface area contributed by atoms with Crippen LogP contribution >= 0.6 is 12.6 Å². The van der Waals surface area contributed by atoms with Crippen molar-refractivity contribution >= 4 is 12.6 Å². The largest absolute Gasteiger partial charge is 0.394 e. The molecule has 0 saturated carbocycles. The van der Waals surface area contributed by atoms with Gasteiger partial charge in [0, 0.05) is 0 Å². The molecule has 2 aliphatic rings. The van der Waals surface area contributed by atoms with Crippen LogP contribution in [0, 0.1) is 0 Å². The van der Waals surface area contributed by atoms with Crippen molar-refractivity contribution in [1.29, 1.82) is 0 Å². The first-order valence-corrected chi connectivity index (χ1v) is 7.64. The minimum absolute atomic E-state index is 0.684. The third kappa shape index (κ3) is 3.70. The van der Waals surface area contributed by atoms with Crippen LogP contribution in [0.15, 0.2) is 0 Å². The summed E-state index contributed by atoms with van der Waals surface area (Å²) in [5.41, 5.74) is 0. The highest BCUT2D eigenvalue weighted by Crippen LogP contribution is 2.34. The predicted octanol–water partition coefficient (Wildman–Crippen LogP) is -5.14. The molecule has 24 heavy (non-hydrogen) atoms. The van der Waals surface area contributed by atoms with Gasteiger partial charge in [-0.25, -0.2) is 0 Å². The molecular weight excluding hydrogens is 352 g/mol. The second kappa shape index (κ2) is 7.65. The van der Waals surface area contributed by atoms with E-state index in [1.54, 1.807) is 0 Å². The van der Waals surface area contributed by atoms with Gasteiger partial charge in [-0.15, -0.1) is 12.6 Å². The quantitative estimate of drug-likeness (QED) is 0.169. The van der Waals surface area contributed by atoms with Gasteiger partial charge in [0.25, 0.3) is 0 Å². The maximum atomic E-state index is 10.1. The van der Waals surface area contributed by atoms with Crippen LogP contribution < -0.4 is 0 Å². The lowest BCUT2D eigenvalue weighted by Crippen LogP contribution is -2.66. The van der Waals surface area contributed by atoms with Crippen molar-refractivity contribution in [1.82, 2.24) is 0 Å². The summed E-state index contributed by atoms with van der Waals surface area (Å²) in [5, 5.41) is 74.9. The van der Waals surface area contributed by atoms with E-state index in [0.29, 0.717) is 0 Å². The van der Waals surface area contributed by atoms with Crippen molar-refractivity contribution in [2.24, 2.45) is 0 Å². The van der Waals surface area contributed by atoms with E-state index in [1.165, 1.54) is 0 Å². The summed E-state index contributed by atoms with van der Waals surface area (Å²) < 4.78 is 15.3. The molecule has 0 amide bonds. The van der Waals surface area contributed by atoms with Crippen LogP contribution in [0.3, 0.4) is 0 Å². The fourth-order valence-corrected chi connectivity index (χ4v) is 2.91. The first kappa shape index (κ1) is 20.2. The number of ether oxygens (including phenoxy) is 3. The van der Waals surface area contributed by atoms with E-state index < -0.39 is 73.5 Å². The van der Waals surface area contributed by atoms with E-state index in [0.717, 1.165) is 0 Å². The highest BCUT2D eigenvalue weighted by Gasteiger charge is 2.54. The number of aliphatic hydroxyl groups is 8. The summed E-state index contributed by atoms with van der Waals surface area (Å²) in [6, 6.07) is 0. The minimum Gasteiger partial charge on any atom is -0.394 e. The number of rotatable bonds is 4. The molecule has 2 fully saturated rings. The fraction of sp³-hybridized carbons (Fsp3) is 1.00. The van der Waals surface area contributed by atoms with Crippen LogP contribution in [0.5, 0.6) is 0 Å². The molecule has 1 unspecified atom stereocenters. The summed E-state index contributed by atoms with van der Waals surface area (Å²) in [4.78, 5) is 0. The molecule has 2 heterocycles. The van der Waals surface area contributed by atoms with Gasteiger partial charge >= 0.3 is 0 Å². The molecule has 0 radical (unpaired) electrons. The van der Waals surface area contributed by atoms with Crippen molar-refractivity contribution in [3.8, 4) is 0 Å². The number of hydrogen-bond donors (Lipinski definition) is 9. The van der Waals surface area contributed by atoms with Crippen LogP contribution in [-0.4, -0.2) is 114 Å². The Morgan fingerprint density at radius 2 is 1.46 bits per heavy atom. The van der Waals surface area contributed by atoms with Gasteiger partial charge < -0.3 is 55.1 Å². The predicted molar refractivity (Wildman–Crippen MR) is 76.5 cm³/mol. The Balaban J connectivity index is 2.15. The first-order chi connectivity index (χ1) is 11.1. The lowest BCUT2D eigenvalue weighted by Gasteiger charge is -2.47. The van der Waals surface area contributed by atoms with Crippen molar-refractivity contribution < 1.29 is 55.1 Å². The number of aliphatic hydroxyl groups excluding tert-OH is 7. The zero-order valence-corrected chi connectivity index (χ0v) is 13.3. The minimum atomic E-state index is -2.44. The average molecular weight is 374 g/mol. The molecule has 0 spiro atoms. The number of hydrogen-bond acceptors (Lipinski definition) is 12. The van der Waals surface area contributed by atoms with Crippen molar-refractivity contribution in [2.45, 2.75) is 60.2 Å². The average Bonchev–Trinajstić information content (AvgIpc) is 2.55. The zero-order chi connectivity index (χ0) is 18.2. The summed E-state index contributed by atoms with van der Waals surface area (Å²) in [6.07, 6.45) is -14.4. The second-order valence-electron chi connectivity index (χ2n) is 5.73. The third-order valence-corrected chi connectivity index (χ3v) is 4.43. The van der Waals surface area contributed by atoms with E-state index in [1.807, 2.05) is 0 Å². The summed E-state index contributed by atoms with van der Waals surface area (Å²) >= 11 is 3.64. The van der Waals surface area contributed by atoms with E-state index in [2.05, 4.69) is 12.6 Å². The fourth-order valence-electron chi connectivity index (χ4n) is 2.63. The highest BCUT2D eigenvalue weighted by atomic mass is 32.1. The van der Waals surface area contributed by atoms with E-state index in [4.69, 9.17) is 19.3 Å². The van der Waals surface area contributed by atoms with Crippen molar-refractivity contribution in [3.63, 3.8) is 0 Å². The molecule has 10 atom stereocenters. The Labute approximate surface area is 142 Å². The Bertz CT molecular complexity index is 420. The lowest BCUT2D eigenvalue weighted by atomic mass is 9.97. The van der Waals surface area contributed by atoms with Gasteiger partial charge in [-0.2, -0.15) is 0 Å². The van der Waals surface area contributed by atoms with Gasteiger partial charge in [0.05, 0.1) is 13.2 Å². The molecule has 12 heteroatoms. The summed E-state index contributed by atoms with van der Waals surface area (Å²) in [5.74, 6) is 0. The van der Waals surface area contributed by atoms with E-state index in [-0.39, 0.29) is 0 Å². The molecule has 8 N–H and O–H groups in total. The molecule has 142 valence electrons. The molecule has 0 aliphatic carbocycles. The zero-order valence-electron chi connectivity index (χ0n) is 12.4. The van der Waals surface area contributed by atoms with Crippen LogP contribution in [-0.2, 0) is 14.2 Å². The maximum absolute atomic E-state index is 10.1. The topological polar surface area (TPSA) is 190 Å². The molecule has 0 aromatic heterocycles. The van der Waals surface area contributed by atoms with Gasteiger partial charge in [0.2, 0.25) is 5.12 Å². The van der Waals surface area contributed by atoms with Crippen molar-refractivity contribution in [3.05, 3.63) is 0 Å². The molecule has 0 aromatic rings. The Kier molecular flexibility index (Phi) is 6.45. The van der Waals surface area contributed by atoms with Gasteiger partial charge in [0.15, 0.2) is 6.29 Å². The van der Waals surface area contributed by atoms with Crippen LogP contribution in [0.1, 0.15) is 0 Å². The van der Waals surface area contributed by atoms with Crippen LogP contribution in [0.25, 0.3) is 0 Å². The Morgan fingerprint density at radius 3 is 2.00 bits per heavy atom. The molecule has 0 bridgehead atoms. The summed E-state index contributed by atoms with van der Waals surface area (Å²) in [7, 11) is 0. The smallest absolute Gasteiger partial charge is 0.243 e. The van der Waals surface area contributed by atoms with E-state index in [9.17, 15) is 35.7 Å². The van der Waals surface area contributed by atoms with Crippen molar-refractivity contribution in [2.75, 3.05) is 13.2 Å². The highest BCUT2D eigenvalue weighted by molar-refractivity contribution is 7.81. The number of thiol groups is 1. The molecule has 2 saturated heterocycles. The Morgan fingerprint density at radius 1 is 0.875 bits per heavy atom.